The molecular formula is C17H28N2O4. The molecule has 0 radical (unpaired) electrons. The Labute approximate surface area is 137 Å². The van der Waals surface area contributed by atoms with Crippen LogP contribution in [0.1, 0.15) is 53.9 Å². The molecule has 2 rings (SSSR count). The SMILES string of the molecule is CC1CC(=O)NC(=O)C2(CCN(C(=O)OC(C)(C)C)CC2)[C@@H]1C. The van der Waals surface area contributed by atoms with Crippen LogP contribution in [-0.2, 0) is 14.3 Å². The van der Waals surface area contributed by atoms with Crippen molar-refractivity contribution in [2.24, 2.45) is 17.3 Å². The maximum Gasteiger partial charge on any atom is 0.410 e. The first-order chi connectivity index (χ1) is 10.5. The van der Waals surface area contributed by atoms with E-state index in [1.807, 2.05) is 34.6 Å². The summed E-state index contributed by atoms with van der Waals surface area (Å²) < 4.78 is 5.40. The van der Waals surface area contributed by atoms with Crippen molar-refractivity contribution in [1.82, 2.24) is 10.2 Å². The second-order valence-electron chi connectivity index (χ2n) is 7.97. The van der Waals surface area contributed by atoms with E-state index in [1.54, 1.807) is 4.90 Å². The predicted octanol–water partition coefficient (Wildman–Crippen LogP) is 2.32. The summed E-state index contributed by atoms with van der Waals surface area (Å²) in [5, 5.41) is 2.53. The summed E-state index contributed by atoms with van der Waals surface area (Å²) in [5.41, 5.74) is -1.09. The Balaban J connectivity index is 2.10. The van der Waals surface area contributed by atoms with Gasteiger partial charge in [0.2, 0.25) is 11.8 Å². The molecule has 0 aromatic rings. The highest BCUT2D eigenvalue weighted by Crippen LogP contribution is 2.45. The molecule has 1 spiro atoms. The minimum atomic E-state index is -0.565. The standard InChI is InChI=1S/C17H28N2O4/c1-11-10-13(20)18-14(21)17(12(11)2)6-8-19(9-7-17)15(22)23-16(3,4)5/h11-12H,6-10H2,1-5H3,(H,18,20,21)/t11?,12-/m1/s1. The molecule has 6 nitrogen and oxygen atoms in total. The molecule has 0 aromatic heterocycles. The van der Waals surface area contributed by atoms with Crippen LogP contribution in [0.2, 0.25) is 0 Å². The third-order valence-electron chi connectivity index (χ3n) is 5.25. The van der Waals surface area contributed by atoms with Gasteiger partial charge in [-0.3, -0.25) is 14.9 Å². The van der Waals surface area contributed by atoms with Crippen LogP contribution in [0.5, 0.6) is 0 Å². The number of rotatable bonds is 0. The van der Waals surface area contributed by atoms with Crippen LogP contribution in [0.3, 0.4) is 0 Å². The van der Waals surface area contributed by atoms with Gasteiger partial charge in [0.25, 0.3) is 0 Å². The third kappa shape index (κ3) is 3.67. The Bertz CT molecular complexity index is 501. The maximum absolute atomic E-state index is 12.6. The van der Waals surface area contributed by atoms with E-state index in [9.17, 15) is 14.4 Å². The van der Waals surface area contributed by atoms with Crippen molar-refractivity contribution in [2.75, 3.05) is 13.1 Å². The second-order valence-corrected chi connectivity index (χ2v) is 7.97. The normalized spacial score (nSPS) is 28.3. The fourth-order valence-electron chi connectivity index (χ4n) is 3.62. The summed E-state index contributed by atoms with van der Waals surface area (Å²) in [4.78, 5) is 38.2. The van der Waals surface area contributed by atoms with Crippen LogP contribution >= 0.6 is 0 Å². The molecule has 1 unspecified atom stereocenters. The van der Waals surface area contributed by atoms with Gasteiger partial charge in [0.1, 0.15) is 5.60 Å². The number of likely N-dealkylation sites (tertiary alicyclic amines) is 1. The van der Waals surface area contributed by atoms with Crippen molar-refractivity contribution in [3.8, 4) is 0 Å². The minimum absolute atomic E-state index is 0.106. The van der Waals surface area contributed by atoms with E-state index in [4.69, 9.17) is 4.74 Å². The van der Waals surface area contributed by atoms with Crippen LogP contribution in [-0.4, -0.2) is 41.5 Å². The minimum Gasteiger partial charge on any atom is -0.444 e. The number of hydrogen-bond acceptors (Lipinski definition) is 4. The largest absolute Gasteiger partial charge is 0.444 e. The average molecular weight is 324 g/mol. The number of ether oxygens (including phenoxy) is 1. The van der Waals surface area contributed by atoms with E-state index < -0.39 is 11.0 Å². The Morgan fingerprint density at radius 2 is 1.78 bits per heavy atom. The maximum atomic E-state index is 12.6. The molecule has 1 N–H and O–H groups in total. The van der Waals surface area contributed by atoms with Crippen molar-refractivity contribution in [3.05, 3.63) is 0 Å². The lowest BCUT2D eigenvalue weighted by Gasteiger charge is -2.44. The molecule has 130 valence electrons. The topological polar surface area (TPSA) is 75.7 Å². The molecule has 2 aliphatic rings. The number of amides is 3. The first-order valence-electron chi connectivity index (χ1n) is 8.37. The lowest BCUT2D eigenvalue weighted by Crippen LogP contribution is -2.53. The van der Waals surface area contributed by atoms with Gasteiger partial charge in [-0.2, -0.15) is 0 Å². The molecule has 23 heavy (non-hydrogen) atoms. The van der Waals surface area contributed by atoms with Crippen molar-refractivity contribution >= 4 is 17.9 Å². The number of carbonyl (C=O) groups excluding carboxylic acids is 3. The van der Waals surface area contributed by atoms with Crippen molar-refractivity contribution < 1.29 is 19.1 Å². The predicted molar refractivity (Wildman–Crippen MR) is 85.6 cm³/mol. The van der Waals surface area contributed by atoms with Gasteiger partial charge in [-0.15, -0.1) is 0 Å². The second kappa shape index (κ2) is 6.13. The van der Waals surface area contributed by atoms with Crippen molar-refractivity contribution in [1.29, 1.82) is 0 Å². The number of imide groups is 1. The molecular weight excluding hydrogens is 296 g/mol. The summed E-state index contributed by atoms with van der Waals surface area (Å²) in [6.45, 7) is 10.5. The Hall–Kier alpha value is -1.59. The number of carbonyl (C=O) groups is 3. The Morgan fingerprint density at radius 3 is 2.30 bits per heavy atom. The fraction of sp³-hybridized carbons (Fsp3) is 0.824. The van der Waals surface area contributed by atoms with E-state index in [-0.39, 0.29) is 29.7 Å². The zero-order valence-electron chi connectivity index (χ0n) is 14.8. The molecule has 0 saturated carbocycles. The van der Waals surface area contributed by atoms with Crippen LogP contribution in [0.15, 0.2) is 0 Å². The highest BCUT2D eigenvalue weighted by atomic mass is 16.6. The van der Waals surface area contributed by atoms with Crippen LogP contribution in [0, 0.1) is 17.3 Å². The van der Waals surface area contributed by atoms with Crippen LogP contribution < -0.4 is 5.32 Å². The van der Waals surface area contributed by atoms with Gasteiger partial charge in [0, 0.05) is 19.5 Å². The molecule has 3 amide bonds. The third-order valence-corrected chi connectivity index (χ3v) is 5.25. The molecule has 0 aromatic carbocycles. The lowest BCUT2D eigenvalue weighted by molar-refractivity contribution is -0.140. The van der Waals surface area contributed by atoms with Gasteiger partial charge in [-0.1, -0.05) is 13.8 Å². The van der Waals surface area contributed by atoms with Gasteiger partial charge in [0.15, 0.2) is 0 Å². The molecule has 0 bridgehead atoms. The first-order valence-corrected chi connectivity index (χ1v) is 8.37. The van der Waals surface area contributed by atoms with E-state index in [0.29, 0.717) is 32.4 Å². The number of hydrogen-bond donors (Lipinski definition) is 1. The highest BCUT2D eigenvalue weighted by Gasteiger charge is 2.50. The van der Waals surface area contributed by atoms with E-state index >= 15 is 0 Å². The van der Waals surface area contributed by atoms with E-state index in [2.05, 4.69) is 5.32 Å². The zero-order chi connectivity index (χ0) is 17.4. The molecule has 2 heterocycles. The smallest absolute Gasteiger partial charge is 0.410 e. The summed E-state index contributed by atoms with van der Waals surface area (Å²) in [7, 11) is 0. The molecule has 2 atom stereocenters. The zero-order valence-corrected chi connectivity index (χ0v) is 14.8. The quantitative estimate of drug-likeness (QED) is 0.694. The summed E-state index contributed by atoms with van der Waals surface area (Å²) in [5.74, 6) is -0.117. The van der Waals surface area contributed by atoms with Crippen molar-refractivity contribution in [2.45, 2.75) is 59.5 Å². The molecule has 0 aliphatic carbocycles. The molecule has 2 fully saturated rings. The molecule has 6 heteroatoms. The lowest BCUT2D eigenvalue weighted by atomic mass is 9.65. The van der Waals surface area contributed by atoms with Gasteiger partial charge >= 0.3 is 6.09 Å². The summed E-state index contributed by atoms with van der Waals surface area (Å²) >= 11 is 0. The first kappa shape index (κ1) is 17.8. The van der Waals surface area contributed by atoms with Gasteiger partial charge in [-0.25, -0.2) is 4.79 Å². The number of piperidine rings is 1. The van der Waals surface area contributed by atoms with Gasteiger partial charge in [0.05, 0.1) is 5.41 Å². The number of nitrogens with one attached hydrogen (secondary N) is 1. The van der Waals surface area contributed by atoms with E-state index in [1.165, 1.54) is 0 Å². The van der Waals surface area contributed by atoms with Crippen molar-refractivity contribution in [3.63, 3.8) is 0 Å². The van der Waals surface area contributed by atoms with Gasteiger partial charge < -0.3 is 9.64 Å². The summed E-state index contributed by atoms with van der Waals surface area (Å²) in [6.07, 6.45) is 1.18. The molecule has 2 aliphatic heterocycles. The molecule has 2 saturated heterocycles. The Morgan fingerprint density at radius 1 is 1.22 bits per heavy atom. The summed E-state index contributed by atoms with van der Waals surface area (Å²) in [6, 6.07) is 0. The fourth-order valence-corrected chi connectivity index (χ4v) is 3.62. The highest BCUT2D eigenvalue weighted by molar-refractivity contribution is 5.99. The monoisotopic (exact) mass is 324 g/mol. The Kier molecular flexibility index (Phi) is 4.74. The van der Waals surface area contributed by atoms with Crippen LogP contribution in [0.4, 0.5) is 4.79 Å². The van der Waals surface area contributed by atoms with Crippen LogP contribution in [0.25, 0.3) is 0 Å². The van der Waals surface area contributed by atoms with Gasteiger partial charge in [-0.05, 0) is 45.4 Å². The average Bonchev–Trinajstić information content (AvgIpc) is 2.50. The van der Waals surface area contributed by atoms with E-state index in [0.717, 1.165) is 0 Å². The number of nitrogens with zero attached hydrogens (tertiary/aromatic N) is 1.